The molecule has 0 spiro atoms. The normalized spacial score (nSPS) is 27.1. The molecule has 0 nitrogen and oxygen atoms in total. The monoisotopic (exact) mass is 452 g/mol. The van der Waals surface area contributed by atoms with Crippen molar-refractivity contribution in [2.45, 2.75) is 102 Å². The number of allylic oxidation sites excluding steroid dienone is 2. The Bertz CT molecular complexity index is 660. The van der Waals surface area contributed by atoms with Crippen LogP contribution in [0.25, 0.3) is 0 Å². The Morgan fingerprint density at radius 2 is 1.34 bits per heavy atom. The predicted octanol–water partition coefficient (Wildman–Crippen LogP) is 9.65. The lowest BCUT2D eigenvalue weighted by molar-refractivity contribution is -0.137. The van der Waals surface area contributed by atoms with Crippen molar-refractivity contribution in [3.05, 3.63) is 47.5 Å². The maximum absolute atomic E-state index is 12.8. The Hall–Kier alpha value is -1.32. The highest BCUT2D eigenvalue weighted by atomic mass is 19.4. The van der Waals surface area contributed by atoms with E-state index in [1.165, 1.54) is 63.5 Å². The number of rotatable bonds is 10. The second-order valence-electron chi connectivity index (χ2n) is 10.2. The van der Waals surface area contributed by atoms with Gasteiger partial charge in [0.25, 0.3) is 0 Å². The van der Waals surface area contributed by atoms with Gasteiger partial charge in [0.2, 0.25) is 0 Å². The van der Waals surface area contributed by atoms with E-state index >= 15 is 0 Å². The first-order valence-corrected chi connectivity index (χ1v) is 12.9. The molecule has 2 aliphatic carbocycles. The molecule has 0 amide bonds. The molecule has 0 unspecified atom stereocenters. The van der Waals surface area contributed by atoms with Gasteiger partial charge in [-0.15, -0.1) is 0 Å². The highest BCUT2D eigenvalue weighted by Crippen LogP contribution is 2.40. The molecule has 0 aliphatic heterocycles. The van der Waals surface area contributed by atoms with Crippen LogP contribution in [-0.4, -0.2) is 6.67 Å². The second-order valence-corrected chi connectivity index (χ2v) is 10.2. The molecular formula is C28H40F4. The molecule has 2 saturated carbocycles. The first-order valence-electron chi connectivity index (χ1n) is 12.9. The summed E-state index contributed by atoms with van der Waals surface area (Å²) < 4.78 is 50.4. The third kappa shape index (κ3) is 8.23. The van der Waals surface area contributed by atoms with Crippen LogP contribution in [0.1, 0.15) is 107 Å². The highest BCUT2D eigenvalue weighted by molar-refractivity contribution is 5.27. The maximum atomic E-state index is 12.8. The molecule has 0 aromatic heterocycles. The van der Waals surface area contributed by atoms with Gasteiger partial charge in [-0.05, 0) is 112 Å². The Balaban J connectivity index is 1.29. The summed E-state index contributed by atoms with van der Waals surface area (Å²) in [5.74, 6) is 2.83. The summed E-state index contributed by atoms with van der Waals surface area (Å²) in [4.78, 5) is 0. The third-order valence-electron chi connectivity index (χ3n) is 7.84. The Morgan fingerprint density at radius 1 is 0.750 bits per heavy atom. The van der Waals surface area contributed by atoms with Crippen LogP contribution >= 0.6 is 0 Å². The van der Waals surface area contributed by atoms with E-state index in [4.69, 9.17) is 0 Å². The van der Waals surface area contributed by atoms with Crippen molar-refractivity contribution in [1.29, 1.82) is 0 Å². The Kier molecular flexibility index (Phi) is 10.1. The van der Waals surface area contributed by atoms with Crippen molar-refractivity contribution < 1.29 is 17.6 Å². The molecular weight excluding hydrogens is 412 g/mol. The third-order valence-corrected chi connectivity index (χ3v) is 7.84. The van der Waals surface area contributed by atoms with E-state index < -0.39 is 11.7 Å². The lowest BCUT2D eigenvalue weighted by Gasteiger charge is -2.31. The number of hydrogen-bond acceptors (Lipinski definition) is 0. The van der Waals surface area contributed by atoms with Crippen LogP contribution < -0.4 is 0 Å². The average Bonchev–Trinajstić information content (AvgIpc) is 2.81. The number of halogens is 4. The fourth-order valence-corrected chi connectivity index (χ4v) is 5.69. The van der Waals surface area contributed by atoms with Crippen LogP contribution in [-0.2, 0) is 6.18 Å². The van der Waals surface area contributed by atoms with Crippen LogP contribution in [0, 0.1) is 17.8 Å². The van der Waals surface area contributed by atoms with Crippen molar-refractivity contribution in [2.24, 2.45) is 17.8 Å². The number of alkyl halides is 4. The van der Waals surface area contributed by atoms with Gasteiger partial charge in [-0.25, -0.2) is 0 Å². The molecule has 0 saturated heterocycles. The molecule has 32 heavy (non-hydrogen) atoms. The van der Waals surface area contributed by atoms with Crippen LogP contribution in [0.4, 0.5) is 17.6 Å². The maximum Gasteiger partial charge on any atom is 0.416 e. The standard InChI is InChI=1S/C28H40F4/c29-21-5-3-1-2-4-6-22-7-9-23(10-8-22)11-12-24-13-15-25(16-14-24)26-17-19-27(20-18-26)28(30,31)32/h4,6,17-20,22-25H,1-3,5,7-16,21H2/t22-,23-,24-,25-. The molecule has 180 valence electrons. The minimum Gasteiger partial charge on any atom is -0.251 e. The summed E-state index contributed by atoms with van der Waals surface area (Å²) in [5, 5.41) is 0. The van der Waals surface area contributed by atoms with E-state index in [0.717, 1.165) is 55.4 Å². The van der Waals surface area contributed by atoms with E-state index in [-0.39, 0.29) is 6.67 Å². The molecule has 1 aromatic rings. The predicted molar refractivity (Wildman–Crippen MR) is 124 cm³/mol. The van der Waals surface area contributed by atoms with Crippen molar-refractivity contribution in [3.8, 4) is 0 Å². The van der Waals surface area contributed by atoms with E-state index in [2.05, 4.69) is 12.2 Å². The smallest absolute Gasteiger partial charge is 0.251 e. The van der Waals surface area contributed by atoms with Crippen LogP contribution in [0.5, 0.6) is 0 Å². The van der Waals surface area contributed by atoms with E-state index in [9.17, 15) is 17.6 Å². The Labute approximate surface area is 191 Å². The van der Waals surface area contributed by atoms with Crippen LogP contribution in [0.3, 0.4) is 0 Å². The SMILES string of the molecule is FCCCCCC=C[C@H]1CC[C@H](CC[C@H]2CC[C@H](c3ccc(C(F)(F)F)cc3)CC2)CC1. The second kappa shape index (κ2) is 12.8. The van der Waals surface area contributed by atoms with Crippen molar-refractivity contribution in [1.82, 2.24) is 0 Å². The van der Waals surface area contributed by atoms with Crippen molar-refractivity contribution in [3.63, 3.8) is 0 Å². The summed E-state index contributed by atoms with van der Waals surface area (Å²) >= 11 is 0. The van der Waals surface area contributed by atoms with Gasteiger partial charge in [-0.2, -0.15) is 13.2 Å². The molecule has 4 heteroatoms. The molecule has 0 radical (unpaired) electrons. The lowest BCUT2D eigenvalue weighted by Crippen LogP contribution is -2.17. The summed E-state index contributed by atoms with van der Waals surface area (Å²) in [7, 11) is 0. The molecule has 2 fully saturated rings. The van der Waals surface area contributed by atoms with Gasteiger partial charge in [0, 0.05) is 0 Å². The van der Waals surface area contributed by atoms with Gasteiger partial charge >= 0.3 is 6.18 Å². The highest BCUT2D eigenvalue weighted by Gasteiger charge is 2.31. The van der Waals surface area contributed by atoms with Crippen molar-refractivity contribution >= 4 is 0 Å². The molecule has 0 N–H and O–H groups in total. The molecule has 3 rings (SSSR count). The fourth-order valence-electron chi connectivity index (χ4n) is 5.69. The van der Waals surface area contributed by atoms with Gasteiger partial charge in [0.1, 0.15) is 0 Å². The van der Waals surface area contributed by atoms with E-state index in [0.29, 0.717) is 12.3 Å². The van der Waals surface area contributed by atoms with Gasteiger partial charge in [-0.3, -0.25) is 4.39 Å². The van der Waals surface area contributed by atoms with Gasteiger partial charge < -0.3 is 0 Å². The zero-order valence-electron chi connectivity index (χ0n) is 19.4. The molecule has 0 heterocycles. The largest absolute Gasteiger partial charge is 0.416 e. The van der Waals surface area contributed by atoms with Gasteiger partial charge in [0.05, 0.1) is 12.2 Å². The minimum atomic E-state index is -4.25. The van der Waals surface area contributed by atoms with Crippen LogP contribution in [0.2, 0.25) is 0 Å². The summed E-state index contributed by atoms with van der Waals surface area (Å²) in [6.45, 7) is -0.186. The van der Waals surface area contributed by atoms with Crippen molar-refractivity contribution in [2.75, 3.05) is 6.67 Å². The quantitative estimate of drug-likeness (QED) is 0.188. The summed E-state index contributed by atoms with van der Waals surface area (Å²) in [6, 6.07) is 5.84. The topological polar surface area (TPSA) is 0 Å². The summed E-state index contributed by atoms with van der Waals surface area (Å²) in [5.41, 5.74) is 0.527. The molecule has 2 aliphatic rings. The first-order chi connectivity index (χ1) is 15.5. The Morgan fingerprint density at radius 3 is 1.91 bits per heavy atom. The van der Waals surface area contributed by atoms with E-state index in [1.807, 2.05) is 0 Å². The average molecular weight is 453 g/mol. The van der Waals surface area contributed by atoms with Crippen LogP contribution in [0.15, 0.2) is 36.4 Å². The molecule has 0 bridgehead atoms. The fraction of sp³-hybridized carbons (Fsp3) is 0.714. The first kappa shape index (κ1) is 25.3. The minimum absolute atomic E-state index is 0.186. The number of benzene rings is 1. The molecule has 1 aromatic carbocycles. The number of hydrogen-bond donors (Lipinski definition) is 0. The van der Waals surface area contributed by atoms with Gasteiger partial charge in [-0.1, -0.05) is 43.5 Å². The van der Waals surface area contributed by atoms with Gasteiger partial charge in [0.15, 0.2) is 0 Å². The zero-order valence-corrected chi connectivity index (χ0v) is 19.4. The molecule has 0 atom stereocenters. The lowest BCUT2D eigenvalue weighted by atomic mass is 9.74. The van der Waals surface area contributed by atoms with E-state index in [1.54, 1.807) is 12.1 Å². The summed E-state index contributed by atoms with van der Waals surface area (Å²) in [6.07, 6.45) is 17.0. The zero-order chi connectivity index (χ0) is 22.8. The number of unbranched alkanes of at least 4 members (excludes halogenated alkanes) is 3.